The van der Waals surface area contributed by atoms with Gasteiger partial charge in [0.2, 0.25) is 0 Å². The van der Waals surface area contributed by atoms with E-state index in [1.54, 1.807) is 13.0 Å². The maximum Gasteiger partial charge on any atom is 0.151 e. The molecule has 1 aromatic carbocycles. The Morgan fingerprint density at radius 3 is 2.67 bits per heavy atom. The van der Waals surface area contributed by atoms with Crippen molar-refractivity contribution in [1.82, 2.24) is 5.32 Å². The van der Waals surface area contributed by atoms with Crippen LogP contribution in [0, 0.1) is 5.82 Å². The molecule has 0 radical (unpaired) electrons. The average molecular weight is 338 g/mol. The Morgan fingerprint density at radius 1 is 1.44 bits per heavy atom. The molecule has 1 unspecified atom stereocenters. The quantitative estimate of drug-likeness (QED) is 0.867. The molecule has 0 amide bonds. The van der Waals surface area contributed by atoms with Crippen molar-refractivity contribution in [3.05, 3.63) is 34.1 Å². The number of rotatable bonds is 6. The average Bonchev–Trinajstić information content (AvgIpc) is 2.28. The van der Waals surface area contributed by atoms with Crippen molar-refractivity contribution in [3.63, 3.8) is 0 Å². The fourth-order valence-electron chi connectivity index (χ4n) is 1.54. The van der Waals surface area contributed by atoms with E-state index in [-0.39, 0.29) is 23.4 Å². The first-order valence-electron chi connectivity index (χ1n) is 5.74. The minimum atomic E-state index is -2.95. The lowest BCUT2D eigenvalue weighted by Gasteiger charge is -2.15. The highest BCUT2D eigenvalue weighted by molar-refractivity contribution is 9.10. The molecule has 0 bridgehead atoms. The molecule has 0 saturated heterocycles. The maximum atomic E-state index is 12.9. The van der Waals surface area contributed by atoms with Gasteiger partial charge in [-0.25, -0.2) is 12.8 Å². The topological polar surface area (TPSA) is 46.2 Å². The SMILES string of the molecule is CCS(=O)(=O)CCNC(C)c1ccc(F)cc1Br. The van der Waals surface area contributed by atoms with Crippen molar-refractivity contribution < 1.29 is 12.8 Å². The van der Waals surface area contributed by atoms with Gasteiger partial charge in [0.25, 0.3) is 0 Å². The van der Waals surface area contributed by atoms with Crippen molar-refractivity contribution in [3.8, 4) is 0 Å². The van der Waals surface area contributed by atoms with Gasteiger partial charge in [-0.15, -0.1) is 0 Å². The summed E-state index contributed by atoms with van der Waals surface area (Å²) in [6, 6.07) is 4.44. The molecule has 1 atom stereocenters. The molecule has 3 nitrogen and oxygen atoms in total. The van der Waals surface area contributed by atoms with E-state index in [9.17, 15) is 12.8 Å². The van der Waals surface area contributed by atoms with Gasteiger partial charge >= 0.3 is 0 Å². The van der Waals surface area contributed by atoms with Crippen LogP contribution in [0.2, 0.25) is 0 Å². The predicted octanol–water partition coefficient (Wildman–Crippen LogP) is 2.67. The Kier molecular flexibility index (Phi) is 5.75. The van der Waals surface area contributed by atoms with Crippen LogP contribution in [0.3, 0.4) is 0 Å². The van der Waals surface area contributed by atoms with Crippen LogP contribution in [0.4, 0.5) is 4.39 Å². The van der Waals surface area contributed by atoms with Gasteiger partial charge in [-0.05, 0) is 24.6 Å². The molecule has 102 valence electrons. The molecule has 1 N–H and O–H groups in total. The summed E-state index contributed by atoms with van der Waals surface area (Å²) in [6.07, 6.45) is 0. The molecule has 0 aliphatic carbocycles. The molecule has 0 saturated carbocycles. The van der Waals surface area contributed by atoms with Gasteiger partial charge in [-0.2, -0.15) is 0 Å². The van der Waals surface area contributed by atoms with E-state index < -0.39 is 9.84 Å². The second kappa shape index (κ2) is 6.63. The number of benzene rings is 1. The zero-order valence-electron chi connectivity index (χ0n) is 10.4. The van der Waals surface area contributed by atoms with E-state index in [2.05, 4.69) is 21.2 Å². The van der Waals surface area contributed by atoms with Crippen LogP contribution in [-0.4, -0.2) is 26.5 Å². The lowest BCUT2D eigenvalue weighted by atomic mass is 10.1. The largest absolute Gasteiger partial charge is 0.309 e. The summed E-state index contributed by atoms with van der Waals surface area (Å²) in [6.45, 7) is 3.94. The van der Waals surface area contributed by atoms with Crippen molar-refractivity contribution in [2.45, 2.75) is 19.9 Å². The minimum Gasteiger partial charge on any atom is -0.309 e. The zero-order chi connectivity index (χ0) is 13.8. The molecule has 0 heterocycles. The molecule has 0 aliphatic rings. The van der Waals surface area contributed by atoms with Crippen LogP contribution in [0.15, 0.2) is 22.7 Å². The molecular weight excluding hydrogens is 321 g/mol. The van der Waals surface area contributed by atoms with Crippen molar-refractivity contribution in [2.75, 3.05) is 18.1 Å². The summed E-state index contributed by atoms with van der Waals surface area (Å²) in [5, 5.41) is 3.12. The van der Waals surface area contributed by atoms with Crippen molar-refractivity contribution >= 4 is 25.8 Å². The van der Waals surface area contributed by atoms with E-state index in [0.29, 0.717) is 11.0 Å². The Labute approximate surface area is 116 Å². The van der Waals surface area contributed by atoms with Crippen LogP contribution in [0.1, 0.15) is 25.5 Å². The summed E-state index contributed by atoms with van der Waals surface area (Å²) < 4.78 is 36.3. The first kappa shape index (κ1) is 15.6. The number of hydrogen-bond acceptors (Lipinski definition) is 3. The number of nitrogens with one attached hydrogen (secondary N) is 1. The highest BCUT2D eigenvalue weighted by Gasteiger charge is 2.12. The molecular formula is C12H17BrFNO2S. The van der Waals surface area contributed by atoms with Gasteiger partial charge in [0.05, 0.1) is 5.75 Å². The summed E-state index contributed by atoms with van der Waals surface area (Å²) in [5.74, 6) is -0.0259. The predicted molar refractivity (Wildman–Crippen MR) is 74.8 cm³/mol. The molecule has 0 aliphatic heterocycles. The molecule has 18 heavy (non-hydrogen) atoms. The fraction of sp³-hybridized carbons (Fsp3) is 0.500. The number of hydrogen-bond donors (Lipinski definition) is 1. The summed E-state index contributed by atoms with van der Waals surface area (Å²) >= 11 is 3.29. The Hall–Kier alpha value is -0.460. The first-order valence-corrected chi connectivity index (χ1v) is 8.36. The van der Waals surface area contributed by atoms with E-state index >= 15 is 0 Å². The van der Waals surface area contributed by atoms with Gasteiger partial charge < -0.3 is 5.32 Å². The summed E-state index contributed by atoms with van der Waals surface area (Å²) in [7, 11) is -2.95. The Balaban J connectivity index is 2.58. The molecule has 0 aromatic heterocycles. The van der Waals surface area contributed by atoms with Crippen LogP contribution in [0.25, 0.3) is 0 Å². The van der Waals surface area contributed by atoms with Gasteiger partial charge in [0, 0.05) is 22.8 Å². The van der Waals surface area contributed by atoms with Crippen LogP contribution in [0.5, 0.6) is 0 Å². The monoisotopic (exact) mass is 337 g/mol. The fourth-order valence-corrected chi connectivity index (χ4v) is 2.95. The third kappa shape index (κ3) is 4.66. The van der Waals surface area contributed by atoms with Gasteiger partial charge in [-0.1, -0.05) is 28.9 Å². The van der Waals surface area contributed by atoms with Crippen molar-refractivity contribution in [1.29, 1.82) is 0 Å². The minimum absolute atomic E-state index is 0.0352. The molecule has 1 aromatic rings. The molecule has 0 spiro atoms. The lowest BCUT2D eigenvalue weighted by molar-refractivity contribution is 0.570. The molecule has 0 fully saturated rings. The Morgan fingerprint density at radius 2 is 2.11 bits per heavy atom. The van der Waals surface area contributed by atoms with E-state index in [1.807, 2.05) is 6.92 Å². The van der Waals surface area contributed by atoms with Crippen LogP contribution < -0.4 is 5.32 Å². The molecule has 6 heteroatoms. The van der Waals surface area contributed by atoms with Crippen LogP contribution >= 0.6 is 15.9 Å². The summed E-state index contributed by atoms with van der Waals surface area (Å²) in [4.78, 5) is 0. The normalized spacial score (nSPS) is 13.6. The smallest absolute Gasteiger partial charge is 0.151 e. The Bertz CT molecular complexity index is 505. The molecule has 1 rings (SSSR count). The second-order valence-corrected chi connectivity index (χ2v) is 7.41. The third-order valence-corrected chi connectivity index (χ3v) is 5.12. The number of halogens is 2. The van der Waals surface area contributed by atoms with E-state index in [0.717, 1.165) is 5.56 Å². The van der Waals surface area contributed by atoms with Gasteiger partial charge in [0.15, 0.2) is 9.84 Å². The lowest BCUT2D eigenvalue weighted by Crippen LogP contribution is -2.26. The zero-order valence-corrected chi connectivity index (χ0v) is 12.8. The van der Waals surface area contributed by atoms with Gasteiger partial charge in [-0.3, -0.25) is 0 Å². The van der Waals surface area contributed by atoms with Gasteiger partial charge in [0.1, 0.15) is 5.82 Å². The van der Waals surface area contributed by atoms with E-state index in [4.69, 9.17) is 0 Å². The highest BCUT2D eigenvalue weighted by Crippen LogP contribution is 2.23. The van der Waals surface area contributed by atoms with E-state index in [1.165, 1.54) is 12.1 Å². The van der Waals surface area contributed by atoms with Crippen molar-refractivity contribution in [2.24, 2.45) is 0 Å². The summed E-state index contributed by atoms with van der Waals surface area (Å²) in [5.41, 5.74) is 0.908. The van der Waals surface area contributed by atoms with Crippen LogP contribution in [-0.2, 0) is 9.84 Å². The second-order valence-electron chi connectivity index (χ2n) is 4.08. The maximum absolute atomic E-state index is 12.9. The first-order chi connectivity index (χ1) is 8.35. The number of sulfone groups is 1. The standard InChI is InChI=1S/C12H17BrFNO2S/c1-3-18(16,17)7-6-15-9(2)11-5-4-10(14)8-12(11)13/h4-5,8-9,15H,3,6-7H2,1-2H3. The highest BCUT2D eigenvalue weighted by atomic mass is 79.9. The third-order valence-electron chi connectivity index (χ3n) is 2.73.